The van der Waals surface area contributed by atoms with Crippen LogP contribution in [-0.2, 0) is 4.79 Å². The molecule has 0 bridgehead atoms. The fraction of sp³-hybridized carbons (Fsp3) is 0.353. The first-order chi connectivity index (χ1) is 9.28. The Labute approximate surface area is 112 Å². The zero-order valence-electron chi connectivity index (χ0n) is 10.9. The smallest absolute Gasteiger partial charge is 0.228 e. The molecule has 1 amide bonds. The third-order valence-electron chi connectivity index (χ3n) is 4.90. The van der Waals surface area contributed by atoms with Gasteiger partial charge in [0.1, 0.15) is 0 Å². The molecule has 0 aliphatic heterocycles. The molecule has 96 valence electrons. The number of anilines is 1. The van der Waals surface area contributed by atoms with Crippen LogP contribution in [0.3, 0.4) is 0 Å². The van der Waals surface area contributed by atoms with Crippen molar-refractivity contribution in [3.8, 4) is 0 Å². The molecular formula is C17H17NO. The normalized spacial score (nSPS) is 23.1. The second-order valence-electron chi connectivity index (χ2n) is 5.99. The van der Waals surface area contributed by atoms with Crippen molar-refractivity contribution in [2.45, 2.75) is 25.7 Å². The summed E-state index contributed by atoms with van der Waals surface area (Å²) in [5, 5.41) is 5.43. The van der Waals surface area contributed by atoms with Gasteiger partial charge in [0, 0.05) is 17.0 Å². The highest BCUT2D eigenvalue weighted by Crippen LogP contribution is 2.65. The number of carbonyl (C=O) groups excluding carboxylic acids is 1. The summed E-state index contributed by atoms with van der Waals surface area (Å²) in [6, 6.07) is 14.3. The maximum absolute atomic E-state index is 12.3. The van der Waals surface area contributed by atoms with Crippen LogP contribution in [-0.4, -0.2) is 5.91 Å². The lowest BCUT2D eigenvalue weighted by Gasteiger charge is -2.26. The average Bonchev–Trinajstić information content (AvgIpc) is 3.15. The SMILES string of the molecule is O=C(Nc1cccc2ccccc12)[C@@H]1CC12CCC2. The summed E-state index contributed by atoms with van der Waals surface area (Å²) < 4.78 is 0. The van der Waals surface area contributed by atoms with Gasteiger partial charge >= 0.3 is 0 Å². The summed E-state index contributed by atoms with van der Waals surface area (Å²) in [5.74, 6) is 0.483. The van der Waals surface area contributed by atoms with Gasteiger partial charge in [0.2, 0.25) is 5.91 Å². The Bertz CT molecular complexity index is 652. The lowest BCUT2D eigenvalue weighted by molar-refractivity contribution is -0.118. The van der Waals surface area contributed by atoms with E-state index in [0.717, 1.165) is 17.5 Å². The van der Waals surface area contributed by atoms with Crippen LogP contribution in [0, 0.1) is 11.3 Å². The van der Waals surface area contributed by atoms with Crippen molar-refractivity contribution >= 4 is 22.4 Å². The molecule has 0 heterocycles. The molecule has 2 heteroatoms. The van der Waals surface area contributed by atoms with Gasteiger partial charge in [-0.25, -0.2) is 0 Å². The van der Waals surface area contributed by atoms with E-state index in [4.69, 9.17) is 0 Å². The zero-order valence-corrected chi connectivity index (χ0v) is 10.9. The van der Waals surface area contributed by atoms with Gasteiger partial charge in [0.25, 0.3) is 0 Å². The molecule has 1 spiro atoms. The summed E-state index contributed by atoms with van der Waals surface area (Å²) in [6.45, 7) is 0. The van der Waals surface area contributed by atoms with E-state index in [0.29, 0.717) is 5.41 Å². The molecule has 2 aromatic rings. The monoisotopic (exact) mass is 251 g/mol. The van der Waals surface area contributed by atoms with E-state index in [1.165, 1.54) is 24.6 Å². The molecule has 1 atom stereocenters. The van der Waals surface area contributed by atoms with Gasteiger partial charge in [-0.15, -0.1) is 0 Å². The van der Waals surface area contributed by atoms with Gasteiger partial charge in [-0.3, -0.25) is 4.79 Å². The highest BCUT2D eigenvalue weighted by atomic mass is 16.2. The van der Waals surface area contributed by atoms with Gasteiger partial charge in [0.15, 0.2) is 0 Å². The van der Waals surface area contributed by atoms with Crippen LogP contribution in [0.5, 0.6) is 0 Å². The van der Waals surface area contributed by atoms with Crippen LogP contribution in [0.4, 0.5) is 5.69 Å². The first kappa shape index (κ1) is 11.0. The molecule has 2 nitrogen and oxygen atoms in total. The number of hydrogen-bond acceptors (Lipinski definition) is 1. The highest BCUT2D eigenvalue weighted by molar-refractivity contribution is 6.03. The molecule has 0 unspecified atom stereocenters. The van der Waals surface area contributed by atoms with Crippen molar-refractivity contribution in [2.24, 2.45) is 11.3 Å². The van der Waals surface area contributed by atoms with Gasteiger partial charge in [-0.1, -0.05) is 42.8 Å². The van der Waals surface area contributed by atoms with E-state index in [-0.39, 0.29) is 11.8 Å². The Morgan fingerprint density at radius 3 is 2.63 bits per heavy atom. The summed E-state index contributed by atoms with van der Waals surface area (Å²) in [7, 11) is 0. The maximum Gasteiger partial charge on any atom is 0.228 e. The molecule has 2 aliphatic rings. The van der Waals surface area contributed by atoms with E-state index in [1.807, 2.05) is 24.3 Å². The van der Waals surface area contributed by atoms with Crippen molar-refractivity contribution < 1.29 is 4.79 Å². The summed E-state index contributed by atoms with van der Waals surface area (Å²) in [4.78, 5) is 12.3. The minimum atomic E-state index is 0.219. The first-order valence-corrected chi connectivity index (χ1v) is 7.07. The van der Waals surface area contributed by atoms with Gasteiger partial charge in [0.05, 0.1) is 0 Å². The number of amides is 1. The van der Waals surface area contributed by atoms with Gasteiger partial charge in [-0.05, 0) is 36.1 Å². The largest absolute Gasteiger partial charge is 0.325 e. The van der Waals surface area contributed by atoms with Gasteiger partial charge in [-0.2, -0.15) is 0 Å². The van der Waals surface area contributed by atoms with Crippen LogP contribution in [0.1, 0.15) is 25.7 Å². The Kier molecular flexibility index (Phi) is 2.22. The van der Waals surface area contributed by atoms with Crippen LogP contribution in [0.2, 0.25) is 0 Å². The molecule has 19 heavy (non-hydrogen) atoms. The molecule has 0 saturated heterocycles. The number of carbonyl (C=O) groups is 1. The lowest BCUT2D eigenvalue weighted by Crippen LogP contribution is -2.23. The summed E-state index contributed by atoms with van der Waals surface area (Å²) >= 11 is 0. The molecule has 2 saturated carbocycles. The number of hydrogen-bond donors (Lipinski definition) is 1. The van der Waals surface area contributed by atoms with Crippen LogP contribution in [0.25, 0.3) is 10.8 Å². The Morgan fingerprint density at radius 2 is 1.89 bits per heavy atom. The number of nitrogens with one attached hydrogen (secondary N) is 1. The van der Waals surface area contributed by atoms with Crippen molar-refractivity contribution in [2.75, 3.05) is 5.32 Å². The lowest BCUT2D eigenvalue weighted by atomic mass is 9.79. The number of fused-ring (bicyclic) bond motifs is 1. The average molecular weight is 251 g/mol. The summed E-state index contributed by atoms with van der Waals surface area (Å²) in [5.41, 5.74) is 1.35. The van der Waals surface area contributed by atoms with Crippen molar-refractivity contribution in [1.82, 2.24) is 0 Å². The third-order valence-corrected chi connectivity index (χ3v) is 4.90. The second-order valence-corrected chi connectivity index (χ2v) is 5.99. The van der Waals surface area contributed by atoms with E-state index in [2.05, 4.69) is 23.5 Å². The second kappa shape index (κ2) is 3.83. The van der Waals surface area contributed by atoms with Crippen molar-refractivity contribution in [3.05, 3.63) is 42.5 Å². The minimum absolute atomic E-state index is 0.219. The van der Waals surface area contributed by atoms with Crippen molar-refractivity contribution in [1.29, 1.82) is 0 Å². The number of benzene rings is 2. The predicted octanol–water partition coefficient (Wildman–Crippen LogP) is 3.97. The zero-order chi connectivity index (χ0) is 12.9. The van der Waals surface area contributed by atoms with E-state index in [9.17, 15) is 4.79 Å². The quantitative estimate of drug-likeness (QED) is 0.859. The van der Waals surface area contributed by atoms with Crippen LogP contribution in [0.15, 0.2) is 42.5 Å². The standard InChI is InChI=1S/C17H17NO/c19-16(14-11-17(14)9-4-10-17)18-15-8-3-6-12-5-1-2-7-13(12)15/h1-3,5-8,14H,4,9-11H2,(H,18,19)/t14-/m0/s1. The Morgan fingerprint density at radius 1 is 1.11 bits per heavy atom. The van der Waals surface area contributed by atoms with Crippen molar-refractivity contribution in [3.63, 3.8) is 0 Å². The topological polar surface area (TPSA) is 29.1 Å². The molecule has 2 aliphatic carbocycles. The fourth-order valence-electron chi connectivity index (χ4n) is 3.46. The maximum atomic E-state index is 12.3. The molecule has 2 aromatic carbocycles. The van der Waals surface area contributed by atoms with E-state index >= 15 is 0 Å². The number of rotatable bonds is 2. The highest BCUT2D eigenvalue weighted by Gasteiger charge is 2.60. The molecular weight excluding hydrogens is 234 g/mol. The molecule has 1 N–H and O–H groups in total. The van der Waals surface area contributed by atoms with Crippen LogP contribution < -0.4 is 5.32 Å². The Balaban J connectivity index is 1.60. The fourth-order valence-corrected chi connectivity index (χ4v) is 3.46. The molecule has 0 aromatic heterocycles. The Hall–Kier alpha value is -1.83. The molecule has 0 radical (unpaired) electrons. The first-order valence-electron chi connectivity index (χ1n) is 7.07. The third kappa shape index (κ3) is 1.66. The van der Waals surface area contributed by atoms with Gasteiger partial charge < -0.3 is 5.32 Å². The predicted molar refractivity (Wildman–Crippen MR) is 77.0 cm³/mol. The van der Waals surface area contributed by atoms with Crippen LogP contribution >= 0.6 is 0 Å². The van der Waals surface area contributed by atoms with E-state index in [1.54, 1.807) is 0 Å². The molecule has 2 fully saturated rings. The summed E-state index contributed by atoms with van der Waals surface area (Å²) in [6.07, 6.45) is 4.91. The minimum Gasteiger partial charge on any atom is -0.325 e. The molecule has 4 rings (SSSR count). The van der Waals surface area contributed by atoms with E-state index < -0.39 is 0 Å².